The summed E-state index contributed by atoms with van der Waals surface area (Å²) < 4.78 is 84.8. The number of amides is 2. The van der Waals surface area contributed by atoms with Gasteiger partial charge in [0.15, 0.2) is 0 Å². The molecule has 1 atom stereocenters. The third-order valence-corrected chi connectivity index (χ3v) is 6.74. The second-order valence-electron chi connectivity index (χ2n) is 8.50. The van der Waals surface area contributed by atoms with Crippen molar-refractivity contribution in [2.75, 3.05) is 19.6 Å². The number of hydrogen-bond acceptors (Lipinski definition) is 3. The van der Waals surface area contributed by atoms with Crippen molar-refractivity contribution >= 4 is 23.6 Å². The Bertz CT molecular complexity index is 1110. The molecule has 4 rings (SSSR count). The molecule has 0 aliphatic carbocycles. The first kappa shape index (κ1) is 25.2. The molecule has 1 N–H and O–H groups in total. The maximum atomic E-state index is 13.2. The molecule has 2 aromatic carbocycles. The van der Waals surface area contributed by atoms with Gasteiger partial charge in [0, 0.05) is 49.0 Å². The maximum Gasteiger partial charge on any atom is 0.416 e. The first-order valence-corrected chi connectivity index (χ1v) is 11.0. The summed E-state index contributed by atoms with van der Waals surface area (Å²) in [6.07, 6.45) is -10.5. The number of nitrogens with one attached hydrogen (secondary N) is 1. The molecule has 2 aliphatic heterocycles. The van der Waals surface area contributed by atoms with Gasteiger partial charge in [0.25, 0.3) is 5.91 Å². The number of hydrogen-bond donors (Lipinski definition) is 1. The van der Waals surface area contributed by atoms with Gasteiger partial charge in [0.1, 0.15) is 5.60 Å². The van der Waals surface area contributed by atoms with Gasteiger partial charge in [-0.15, -0.1) is 0 Å². The summed E-state index contributed by atoms with van der Waals surface area (Å²) in [6.45, 7) is 0.147. The summed E-state index contributed by atoms with van der Waals surface area (Å²) in [7, 11) is 0. The van der Waals surface area contributed by atoms with Gasteiger partial charge in [-0.25, -0.2) is 4.79 Å². The van der Waals surface area contributed by atoms with E-state index < -0.39 is 46.6 Å². The minimum Gasteiger partial charge on any atom is -0.442 e. The van der Waals surface area contributed by atoms with Crippen molar-refractivity contribution in [1.82, 2.24) is 10.2 Å². The van der Waals surface area contributed by atoms with Crippen LogP contribution >= 0.6 is 11.6 Å². The highest BCUT2D eigenvalue weighted by atomic mass is 35.5. The van der Waals surface area contributed by atoms with E-state index in [1.165, 1.54) is 4.90 Å². The molecule has 2 amide bonds. The number of benzene rings is 2. The van der Waals surface area contributed by atoms with Crippen molar-refractivity contribution in [3.63, 3.8) is 0 Å². The van der Waals surface area contributed by atoms with Crippen molar-refractivity contribution < 1.29 is 40.7 Å². The summed E-state index contributed by atoms with van der Waals surface area (Å²) >= 11 is 6.34. The third kappa shape index (κ3) is 5.05. The molecule has 2 aliphatic rings. The van der Waals surface area contributed by atoms with Crippen LogP contribution in [0.15, 0.2) is 42.5 Å². The van der Waals surface area contributed by atoms with Crippen molar-refractivity contribution in [1.29, 1.82) is 0 Å². The molecule has 35 heavy (non-hydrogen) atoms. The predicted molar refractivity (Wildman–Crippen MR) is 113 cm³/mol. The fraction of sp³-hybridized carbons (Fsp3) is 0.391. The Labute approximate surface area is 201 Å². The van der Waals surface area contributed by atoms with Crippen LogP contribution in [-0.4, -0.2) is 42.1 Å². The molecular weight excluding hydrogens is 502 g/mol. The molecule has 2 aromatic rings. The molecule has 188 valence electrons. The van der Waals surface area contributed by atoms with Crippen LogP contribution in [0.25, 0.3) is 0 Å². The predicted octanol–water partition coefficient (Wildman–Crippen LogP) is 5.88. The molecule has 5 nitrogen and oxygen atoms in total. The number of piperidine rings is 1. The molecule has 2 saturated heterocycles. The van der Waals surface area contributed by atoms with E-state index in [4.69, 9.17) is 16.3 Å². The Kier molecular flexibility index (Phi) is 6.41. The molecule has 0 saturated carbocycles. The van der Waals surface area contributed by atoms with Crippen molar-refractivity contribution in [2.45, 2.75) is 36.7 Å². The number of carbonyl (C=O) groups excluding carboxylic acids is 2. The third-order valence-electron chi connectivity index (χ3n) is 6.39. The average molecular weight is 521 g/mol. The zero-order valence-corrected chi connectivity index (χ0v) is 18.7. The highest BCUT2D eigenvalue weighted by Gasteiger charge is 2.49. The van der Waals surface area contributed by atoms with E-state index in [1.807, 2.05) is 0 Å². The van der Waals surface area contributed by atoms with Crippen LogP contribution in [-0.2, 0) is 17.1 Å². The van der Waals surface area contributed by atoms with Gasteiger partial charge in [-0.1, -0.05) is 29.8 Å². The zero-order valence-electron chi connectivity index (χ0n) is 18.0. The molecule has 0 bridgehead atoms. The van der Waals surface area contributed by atoms with E-state index in [0.717, 1.165) is 5.56 Å². The monoisotopic (exact) mass is 520 g/mol. The number of alkyl carbamates (subject to hydrolysis) is 1. The lowest BCUT2D eigenvalue weighted by Gasteiger charge is -2.48. The Balaban J connectivity index is 1.60. The van der Waals surface area contributed by atoms with E-state index in [0.29, 0.717) is 17.2 Å². The summed E-state index contributed by atoms with van der Waals surface area (Å²) in [5.74, 6) is -1.33. The maximum absolute atomic E-state index is 13.2. The number of rotatable bonds is 2. The minimum atomic E-state index is -5.06. The van der Waals surface area contributed by atoms with E-state index in [1.54, 1.807) is 24.3 Å². The second kappa shape index (κ2) is 8.92. The van der Waals surface area contributed by atoms with E-state index >= 15 is 0 Å². The van der Waals surface area contributed by atoms with Crippen LogP contribution in [0, 0.1) is 0 Å². The number of likely N-dealkylation sites (tertiary alicyclic amines) is 1. The summed E-state index contributed by atoms with van der Waals surface area (Å²) in [5.41, 5.74) is -4.14. The van der Waals surface area contributed by atoms with Crippen LogP contribution in [0.1, 0.15) is 45.8 Å². The van der Waals surface area contributed by atoms with Gasteiger partial charge in [-0.05, 0) is 29.8 Å². The number of nitrogens with zero attached hydrogens (tertiary/aromatic N) is 1. The molecule has 0 unspecified atom stereocenters. The first-order valence-electron chi connectivity index (χ1n) is 10.6. The largest absolute Gasteiger partial charge is 0.442 e. The number of alkyl halides is 6. The Morgan fingerprint density at radius 2 is 1.57 bits per heavy atom. The smallest absolute Gasteiger partial charge is 0.416 e. The lowest BCUT2D eigenvalue weighted by atomic mass is 9.74. The summed E-state index contributed by atoms with van der Waals surface area (Å²) in [5, 5.41) is 3.07. The van der Waals surface area contributed by atoms with E-state index in [-0.39, 0.29) is 44.5 Å². The quantitative estimate of drug-likeness (QED) is 0.503. The highest BCUT2D eigenvalue weighted by Crippen LogP contribution is 2.44. The molecule has 2 fully saturated rings. The van der Waals surface area contributed by atoms with Crippen LogP contribution < -0.4 is 5.32 Å². The SMILES string of the molecule is O=C1NC[C@H](c2ccccc2Cl)C2(CCN(C(=O)c3cc(C(F)(F)F)cc(C(F)(F)F)c3)CC2)O1. The summed E-state index contributed by atoms with van der Waals surface area (Å²) in [6, 6.07) is 7.80. The van der Waals surface area contributed by atoms with Gasteiger partial charge in [0.05, 0.1) is 11.1 Å². The van der Waals surface area contributed by atoms with E-state index in [9.17, 15) is 35.9 Å². The zero-order chi connectivity index (χ0) is 25.6. The number of carbonyl (C=O) groups is 2. The minimum absolute atomic E-state index is 0.0232. The Hall–Kier alpha value is -2.95. The van der Waals surface area contributed by atoms with Crippen LogP contribution in [0.3, 0.4) is 0 Å². The van der Waals surface area contributed by atoms with Crippen molar-refractivity contribution in [2.24, 2.45) is 0 Å². The fourth-order valence-corrected chi connectivity index (χ4v) is 4.88. The Morgan fingerprint density at radius 1 is 1.00 bits per heavy atom. The van der Waals surface area contributed by atoms with E-state index in [2.05, 4.69) is 5.32 Å². The molecule has 0 aromatic heterocycles. The van der Waals surface area contributed by atoms with Crippen LogP contribution in [0.4, 0.5) is 31.1 Å². The van der Waals surface area contributed by atoms with Gasteiger partial charge >= 0.3 is 18.4 Å². The number of ether oxygens (including phenoxy) is 1. The summed E-state index contributed by atoms with van der Waals surface area (Å²) in [4.78, 5) is 26.2. The van der Waals surface area contributed by atoms with Gasteiger partial charge in [-0.3, -0.25) is 4.79 Å². The lowest BCUT2D eigenvalue weighted by molar-refractivity contribution is -0.143. The normalized spacial score (nSPS) is 20.4. The Morgan fingerprint density at radius 3 is 2.11 bits per heavy atom. The molecular formula is C23H19ClF6N2O3. The fourth-order valence-electron chi connectivity index (χ4n) is 4.61. The number of halogens is 7. The second-order valence-corrected chi connectivity index (χ2v) is 8.90. The van der Waals surface area contributed by atoms with Crippen molar-refractivity contribution in [3.05, 3.63) is 69.7 Å². The standard InChI is InChI=1S/C23H19ClF6N2O3/c24-18-4-2-1-3-16(18)17-12-31-20(34)35-21(17)5-7-32(8-6-21)19(33)13-9-14(22(25,26)27)11-15(10-13)23(28,29)30/h1-4,9-11,17H,5-8,12H2,(H,31,34)/t17-/m1/s1. The van der Waals surface area contributed by atoms with Gasteiger partial charge < -0.3 is 15.0 Å². The molecule has 0 radical (unpaired) electrons. The van der Waals surface area contributed by atoms with Crippen molar-refractivity contribution in [3.8, 4) is 0 Å². The average Bonchev–Trinajstić information content (AvgIpc) is 2.78. The lowest BCUT2D eigenvalue weighted by Crippen LogP contribution is -2.58. The topological polar surface area (TPSA) is 58.6 Å². The first-order chi connectivity index (χ1) is 16.3. The highest BCUT2D eigenvalue weighted by molar-refractivity contribution is 6.31. The molecule has 12 heteroatoms. The molecule has 1 spiro atoms. The van der Waals surface area contributed by atoms with Crippen LogP contribution in [0.2, 0.25) is 5.02 Å². The van der Waals surface area contributed by atoms with Gasteiger partial charge in [-0.2, -0.15) is 26.3 Å². The molecule has 2 heterocycles. The van der Waals surface area contributed by atoms with Crippen LogP contribution in [0.5, 0.6) is 0 Å². The van der Waals surface area contributed by atoms with Gasteiger partial charge in [0.2, 0.25) is 0 Å².